The van der Waals surface area contributed by atoms with E-state index in [0.29, 0.717) is 29.8 Å². The number of carbonyl (C=O) groups excluding carboxylic acids is 2. The third-order valence-electron chi connectivity index (χ3n) is 4.95. The molecule has 0 aliphatic rings. The summed E-state index contributed by atoms with van der Waals surface area (Å²) in [7, 11) is 3.43. The van der Waals surface area contributed by atoms with Crippen LogP contribution >= 0.6 is 11.9 Å². The van der Waals surface area contributed by atoms with Crippen molar-refractivity contribution in [1.29, 1.82) is 0 Å². The Bertz CT molecular complexity index is 1190. The summed E-state index contributed by atoms with van der Waals surface area (Å²) in [6.07, 6.45) is 0.417. The predicted octanol–water partition coefficient (Wildman–Crippen LogP) is 3.22. The van der Waals surface area contributed by atoms with Crippen LogP contribution in [0.25, 0.3) is 11.0 Å². The first-order chi connectivity index (χ1) is 14.8. The maximum atomic E-state index is 12.7. The van der Waals surface area contributed by atoms with Crippen LogP contribution in [-0.4, -0.2) is 37.9 Å². The summed E-state index contributed by atoms with van der Waals surface area (Å²) >= 11 is 1.37. The Hall–Kier alpha value is -3.10. The SMILES string of the molecule is Cc1cc2c(C)c(Cc3cccc(SNCC(=O)N(C)C)c3)c(=O)oc2cc1OC=O. The van der Waals surface area contributed by atoms with Crippen LogP contribution in [0, 0.1) is 13.8 Å². The molecule has 1 aromatic heterocycles. The molecule has 31 heavy (non-hydrogen) atoms. The van der Waals surface area contributed by atoms with Crippen LogP contribution in [0.1, 0.15) is 22.3 Å². The van der Waals surface area contributed by atoms with E-state index in [9.17, 15) is 14.4 Å². The minimum Gasteiger partial charge on any atom is -0.428 e. The molecule has 0 bridgehead atoms. The summed E-state index contributed by atoms with van der Waals surface area (Å²) in [6.45, 7) is 4.30. The van der Waals surface area contributed by atoms with Gasteiger partial charge in [-0.25, -0.2) is 4.79 Å². The van der Waals surface area contributed by atoms with Crippen molar-refractivity contribution in [2.75, 3.05) is 20.6 Å². The van der Waals surface area contributed by atoms with Crippen molar-refractivity contribution in [1.82, 2.24) is 9.62 Å². The van der Waals surface area contributed by atoms with Gasteiger partial charge in [0.25, 0.3) is 6.47 Å². The van der Waals surface area contributed by atoms with Crippen LogP contribution in [-0.2, 0) is 16.0 Å². The minimum absolute atomic E-state index is 0.00922. The lowest BCUT2D eigenvalue weighted by molar-refractivity contribution is -0.127. The Morgan fingerprint density at radius 1 is 1.23 bits per heavy atom. The molecule has 0 radical (unpaired) electrons. The van der Waals surface area contributed by atoms with Crippen molar-refractivity contribution in [3.05, 3.63) is 69.1 Å². The zero-order valence-corrected chi connectivity index (χ0v) is 18.7. The van der Waals surface area contributed by atoms with Crippen LogP contribution in [0.4, 0.5) is 0 Å². The van der Waals surface area contributed by atoms with Crippen molar-refractivity contribution in [3.63, 3.8) is 0 Å². The van der Waals surface area contributed by atoms with E-state index < -0.39 is 5.63 Å². The van der Waals surface area contributed by atoms with Gasteiger partial charge in [0.1, 0.15) is 11.3 Å². The maximum absolute atomic E-state index is 12.7. The first-order valence-corrected chi connectivity index (χ1v) is 10.5. The number of benzene rings is 2. The summed E-state index contributed by atoms with van der Waals surface area (Å²) < 4.78 is 13.5. The van der Waals surface area contributed by atoms with E-state index in [-0.39, 0.29) is 12.5 Å². The minimum atomic E-state index is -0.418. The fourth-order valence-corrected chi connectivity index (χ4v) is 3.89. The van der Waals surface area contributed by atoms with Crippen molar-refractivity contribution >= 4 is 35.3 Å². The third-order valence-corrected chi connectivity index (χ3v) is 5.73. The highest BCUT2D eigenvalue weighted by molar-refractivity contribution is 7.97. The molecule has 1 heterocycles. The number of rotatable bonds is 8. The topological polar surface area (TPSA) is 88.8 Å². The molecule has 0 fully saturated rings. The maximum Gasteiger partial charge on any atom is 0.340 e. The molecule has 8 heteroatoms. The molecule has 0 saturated heterocycles. The summed E-state index contributed by atoms with van der Waals surface area (Å²) in [5.74, 6) is 0.354. The van der Waals surface area contributed by atoms with Gasteiger partial charge in [-0.05, 0) is 60.7 Å². The molecule has 0 atom stereocenters. The molecule has 7 nitrogen and oxygen atoms in total. The summed E-state index contributed by atoms with van der Waals surface area (Å²) in [4.78, 5) is 37.5. The number of nitrogens with zero attached hydrogens (tertiary/aromatic N) is 1. The van der Waals surface area contributed by atoms with Gasteiger partial charge in [0.15, 0.2) is 0 Å². The van der Waals surface area contributed by atoms with E-state index in [4.69, 9.17) is 9.15 Å². The van der Waals surface area contributed by atoms with E-state index in [1.807, 2.05) is 44.2 Å². The van der Waals surface area contributed by atoms with Gasteiger partial charge in [-0.3, -0.25) is 14.3 Å². The highest BCUT2D eigenvalue weighted by Gasteiger charge is 2.15. The third kappa shape index (κ3) is 5.34. The number of hydrogen-bond donors (Lipinski definition) is 1. The monoisotopic (exact) mass is 440 g/mol. The molecular formula is C23H24N2O5S. The lowest BCUT2D eigenvalue weighted by atomic mass is 9.98. The highest BCUT2D eigenvalue weighted by Crippen LogP contribution is 2.28. The summed E-state index contributed by atoms with van der Waals surface area (Å²) in [5.41, 5.74) is 3.11. The number of nitrogens with one attached hydrogen (secondary N) is 1. The Labute approximate surface area is 184 Å². The number of carbonyl (C=O) groups is 2. The number of hydrogen-bond acceptors (Lipinski definition) is 7. The smallest absolute Gasteiger partial charge is 0.340 e. The zero-order chi connectivity index (χ0) is 22.5. The molecule has 3 rings (SSSR count). The van der Waals surface area contributed by atoms with E-state index in [1.165, 1.54) is 16.8 Å². The van der Waals surface area contributed by atoms with Crippen LogP contribution in [0.2, 0.25) is 0 Å². The Balaban J connectivity index is 1.84. The number of aryl methyl sites for hydroxylation is 2. The number of likely N-dealkylation sites (N-methyl/N-ethyl adjacent to an activating group) is 1. The molecule has 1 amide bonds. The first-order valence-electron chi connectivity index (χ1n) is 9.66. The van der Waals surface area contributed by atoms with Gasteiger partial charge in [-0.15, -0.1) is 0 Å². The van der Waals surface area contributed by atoms with Crippen LogP contribution in [0.15, 0.2) is 50.5 Å². The first kappa shape index (κ1) is 22.6. The second-order valence-corrected chi connectivity index (χ2v) is 8.32. The number of ether oxygens (including phenoxy) is 1. The van der Waals surface area contributed by atoms with Gasteiger partial charge in [0.2, 0.25) is 5.91 Å². The fourth-order valence-electron chi connectivity index (χ4n) is 3.17. The average Bonchev–Trinajstić information content (AvgIpc) is 2.73. The van der Waals surface area contributed by atoms with Crippen LogP contribution in [0.5, 0.6) is 5.75 Å². The van der Waals surface area contributed by atoms with E-state index in [2.05, 4.69) is 4.72 Å². The molecule has 2 aromatic carbocycles. The van der Waals surface area contributed by atoms with Gasteiger partial charge in [-0.1, -0.05) is 12.1 Å². The van der Waals surface area contributed by atoms with E-state index >= 15 is 0 Å². The highest BCUT2D eigenvalue weighted by atomic mass is 32.2. The number of fused-ring (bicyclic) bond motifs is 1. The Morgan fingerprint density at radius 3 is 2.71 bits per heavy atom. The molecule has 0 aliphatic carbocycles. The van der Waals surface area contributed by atoms with Gasteiger partial charge < -0.3 is 14.1 Å². The van der Waals surface area contributed by atoms with Crippen molar-refractivity contribution < 1.29 is 18.7 Å². The second-order valence-electron chi connectivity index (χ2n) is 7.36. The van der Waals surface area contributed by atoms with Crippen LogP contribution < -0.4 is 15.1 Å². The van der Waals surface area contributed by atoms with Gasteiger partial charge in [0, 0.05) is 42.4 Å². The Morgan fingerprint density at radius 2 is 2.00 bits per heavy atom. The molecule has 0 aliphatic heterocycles. The predicted molar refractivity (Wildman–Crippen MR) is 120 cm³/mol. The lowest BCUT2D eigenvalue weighted by Gasteiger charge is -2.12. The molecule has 3 aromatic rings. The van der Waals surface area contributed by atoms with Gasteiger partial charge in [0.05, 0.1) is 6.54 Å². The normalized spacial score (nSPS) is 10.8. The van der Waals surface area contributed by atoms with Crippen molar-refractivity contribution in [3.8, 4) is 5.75 Å². The lowest BCUT2D eigenvalue weighted by Crippen LogP contribution is -2.30. The van der Waals surface area contributed by atoms with Gasteiger partial charge >= 0.3 is 5.63 Å². The Kier molecular flexibility index (Phi) is 7.14. The molecule has 0 unspecified atom stereocenters. The van der Waals surface area contributed by atoms with E-state index in [1.54, 1.807) is 20.2 Å². The summed E-state index contributed by atoms with van der Waals surface area (Å²) in [6, 6.07) is 11.2. The standard InChI is InChI=1S/C23H24N2O5S/c1-14-8-18-15(2)19(23(28)30-21(18)11-20(14)29-13-26)10-16-6-5-7-17(9-16)31-24-12-22(27)25(3)4/h5-9,11,13,24H,10,12H2,1-4H3. The molecule has 162 valence electrons. The molecule has 1 N–H and O–H groups in total. The summed E-state index contributed by atoms with van der Waals surface area (Å²) in [5, 5.41) is 0.805. The van der Waals surface area contributed by atoms with Crippen molar-refractivity contribution in [2.45, 2.75) is 25.2 Å². The largest absolute Gasteiger partial charge is 0.428 e. The molecule has 0 spiro atoms. The molecular weight excluding hydrogens is 416 g/mol. The fraction of sp³-hybridized carbons (Fsp3) is 0.261. The van der Waals surface area contributed by atoms with Crippen molar-refractivity contribution in [2.24, 2.45) is 0 Å². The zero-order valence-electron chi connectivity index (χ0n) is 17.9. The van der Waals surface area contributed by atoms with Gasteiger partial charge in [-0.2, -0.15) is 0 Å². The quantitative estimate of drug-likeness (QED) is 0.327. The number of amides is 1. The average molecular weight is 441 g/mol. The second kappa shape index (κ2) is 9.80. The van der Waals surface area contributed by atoms with Crippen LogP contribution in [0.3, 0.4) is 0 Å². The van der Waals surface area contributed by atoms with E-state index in [0.717, 1.165) is 27.0 Å². The molecule has 0 saturated carbocycles.